The molecule has 1 saturated heterocycles. The molecule has 1 aliphatic heterocycles. The molecule has 7 heteroatoms. The Balaban J connectivity index is 1.59. The number of hydrogen-bond donors (Lipinski definition) is 1. The van der Waals surface area contributed by atoms with Crippen LogP contribution in [0.1, 0.15) is 40.1 Å². The molecule has 0 bridgehead atoms. The van der Waals surface area contributed by atoms with Crippen LogP contribution in [0.5, 0.6) is 0 Å². The summed E-state index contributed by atoms with van der Waals surface area (Å²) in [4.78, 5) is 28.2. The number of amides is 2. The number of carbonyl (C=O) groups is 2. The zero-order valence-electron chi connectivity index (χ0n) is 19.3. The first-order valence-electron chi connectivity index (χ1n) is 11.2. The van der Waals surface area contributed by atoms with Gasteiger partial charge in [-0.25, -0.2) is 0 Å². The van der Waals surface area contributed by atoms with E-state index in [1.165, 1.54) is 0 Å². The molecule has 172 valence electrons. The molecule has 3 aromatic rings. The van der Waals surface area contributed by atoms with Crippen molar-refractivity contribution in [2.24, 2.45) is 0 Å². The van der Waals surface area contributed by atoms with Crippen molar-refractivity contribution in [3.8, 4) is 11.3 Å². The number of nitrogens with zero attached hydrogens (tertiary/aromatic N) is 2. The van der Waals surface area contributed by atoms with Crippen LogP contribution in [0.2, 0.25) is 0 Å². The summed E-state index contributed by atoms with van der Waals surface area (Å²) in [5, 5.41) is 7.09. The zero-order valence-corrected chi connectivity index (χ0v) is 19.3. The van der Waals surface area contributed by atoms with Gasteiger partial charge >= 0.3 is 0 Å². The van der Waals surface area contributed by atoms with Crippen molar-refractivity contribution >= 4 is 17.5 Å². The van der Waals surface area contributed by atoms with Crippen LogP contribution in [-0.2, 0) is 9.53 Å². The number of nitrogens with one attached hydrogen (secondary N) is 1. The van der Waals surface area contributed by atoms with Crippen molar-refractivity contribution in [3.05, 3.63) is 71.0 Å². The standard InChI is InChI=1S/C26H29N3O4/c1-17-9-7-13-22(18(17)2)27-23(30)16-29(15-21-12-8-14-32-21)26(31)24-19(3)33-28-25(24)20-10-5-4-6-11-20/h4-7,9-11,13,21H,8,12,14-16H2,1-3H3,(H,27,30). The van der Waals surface area contributed by atoms with Crippen molar-refractivity contribution in [1.82, 2.24) is 10.1 Å². The summed E-state index contributed by atoms with van der Waals surface area (Å²) in [6, 6.07) is 15.2. The Hall–Kier alpha value is -3.45. The summed E-state index contributed by atoms with van der Waals surface area (Å²) < 4.78 is 11.2. The molecule has 0 spiro atoms. The first kappa shape index (κ1) is 22.7. The highest BCUT2D eigenvalue weighted by Crippen LogP contribution is 2.27. The molecule has 1 unspecified atom stereocenters. The summed E-state index contributed by atoms with van der Waals surface area (Å²) in [6.45, 7) is 6.59. The quantitative estimate of drug-likeness (QED) is 0.575. The van der Waals surface area contributed by atoms with E-state index in [4.69, 9.17) is 9.26 Å². The van der Waals surface area contributed by atoms with Gasteiger partial charge in [0.2, 0.25) is 5.91 Å². The monoisotopic (exact) mass is 447 g/mol. The van der Waals surface area contributed by atoms with Crippen LogP contribution < -0.4 is 5.32 Å². The van der Waals surface area contributed by atoms with Crippen LogP contribution >= 0.6 is 0 Å². The third-order valence-electron chi connectivity index (χ3n) is 6.07. The Bertz CT molecular complexity index is 1130. The lowest BCUT2D eigenvalue weighted by Gasteiger charge is -2.25. The minimum Gasteiger partial charge on any atom is -0.376 e. The molecule has 2 heterocycles. The number of anilines is 1. The predicted octanol–water partition coefficient (Wildman–Crippen LogP) is 4.53. The molecule has 1 N–H and O–H groups in total. The lowest BCUT2D eigenvalue weighted by atomic mass is 10.0. The van der Waals surface area contributed by atoms with Gasteiger partial charge in [0.1, 0.15) is 23.6 Å². The average Bonchev–Trinajstić information content (AvgIpc) is 3.46. The molecular weight excluding hydrogens is 418 g/mol. The molecule has 1 atom stereocenters. The van der Waals surface area contributed by atoms with E-state index in [0.29, 0.717) is 30.2 Å². The highest BCUT2D eigenvalue weighted by molar-refractivity contribution is 6.03. The van der Waals surface area contributed by atoms with E-state index in [0.717, 1.165) is 35.2 Å². The maximum atomic E-state index is 13.7. The maximum Gasteiger partial charge on any atom is 0.260 e. The fourth-order valence-corrected chi connectivity index (χ4v) is 4.08. The molecule has 4 rings (SSSR count). The normalized spacial score (nSPS) is 15.4. The topological polar surface area (TPSA) is 84.7 Å². The van der Waals surface area contributed by atoms with Gasteiger partial charge in [0.25, 0.3) is 5.91 Å². The molecule has 1 aliphatic rings. The van der Waals surface area contributed by atoms with Crippen LogP contribution in [0.25, 0.3) is 11.3 Å². The van der Waals surface area contributed by atoms with Crippen LogP contribution in [0.3, 0.4) is 0 Å². The minimum atomic E-state index is -0.292. The SMILES string of the molecule is Cc1cccc(NC(=O)CN(CC2CCCO2)C(=O)c2c(-c3ccccc3)noc2C)c1C. The minimum absolute atomic E-state index is 0.0923. The van der Waals surface area contributed by atoms with Crippen LogP contribution in [0.4, 0.5) is 5.69 Å². The van der Waals surface area contributed by atoms with Crippen LogP contribution in [-0.4, -0.2) is 47.7 Å². The number of carbonyl (C=O) groups excluding carboxylic acids is 2. The van der Waals surface area contributed by atoms with E-state index in [9.17, 15) is 9.59 Å². The lowest BCUT2D eigenvalue weighted by molar-refractivity contribution is -0.117. The first-order valence-corrected chi connectivity index (χ1v) is 11.2. The van der Waals surface area contributed by atoms with E-state index in [1.54, 1.807) is 11.8 Å². The van der Waals surface area contributed by atoms with Crippen molar-refractivity contribution in [3.63, 3.8) is 0 Å². The fourth-order valence-electron chi connectivity index (χ4n) is 4.08. The molecule has 1 aromatic heterocycles. The maximum absolute atomic E-state index is 13.7. The van der Waals surface area contributed by atoms with Crippen molar-refractivity contribution < 1.29 is 18.8 Å². The predicted molar refractivity (Wildman–Crippen MR) is 126 cm³/mol. The Morgan fingerprint density at radius 1 is 1.09 bits per heavy atom. The lowest BCUT2D eigenvalue weighted by Crippen LogP contribution is -2.42. The highest BCUT2D eigenvalue weighted by atomic mass is 16.5. The third-order valence-corrected chi connectivity index (χ3v) is 6.07. The largest absolute Gasteiger partial charge is 0.376 e. The molecule has 0 aliphatic carbocycles. The van der Waals surface area contributed by atoms with E-state index < -0.39 is 0 Å². The van der Waals surface area contributed by atoms with Crippen LogP contribution in [0, 0.1) is 20.8 Å². The number of rotatable bonds is 7. The zero-order chi connectivity index (χ0) is 23.4. The molecule has 0 saturated carbocycles. The number of hydrogen-bond acceptors (Lipinski definition) is 5. The van der Waals surface area contributed by atoms with Gasteiger partial charge in [-0.15, -0.1) is 0 Å². The van der Waals surface area contributed by atoms with Crippen molar-refractivity contribution in [2.75, 3.05) is 25.0 Å². The van der Waals surface area contributed by atoms with Gasteiger partial charge in [0.15, 0.2) is 0 Å². The average molecular weight is 448 g/mol. The molecule has 33 heavy (non-hydrogen) atoms. The van der Waals surface area contributed by atoms with Gasteiger partial charge in [-0.1, -0.05) is 47.6 Å². The van der Waals surface area contributed by atoms with Crippen LogP contribution in [0.15, 0.2) is 53.1 Å². The number of aryl methyl sites for hydroxylation is 2. The third kappa shape index (κ3) is 5.14. The molecule has 2 amide bonds. The Morgan fingerprint density at radius 3 is 2.61 bits per heavy atom. The smallest absolute Gasteiger partial charge is 0.260 e. The molecule has 0 radical (unpaired) electrons. The Kier molecular flexibility index (Phi) is 6.89. The van der Waals surface area contributed by atoms with Crippen molar-refractivity contribution in [1.29, 1.82) is 0 Å². The van der Waals surface area contributed by atoms with Gasteiger partial charge in [0.05, 0.1) is 6.10 Å². The number of aromatic nitrogens is 1. The van der Waals surface area contributed by atoms with E-state index in [2.05, 4.69) is 10.5 Å². The van der Waals surface area contributed by atoms with E-state index >= 15 is 0 Å². The molecule has 2 aromatic carbocycles. The molecular formula is C26H29N3O4. The van der Waals surface area contributed by atoms with E-state index in [-0.39, 0.29) is 24.5 Å². The summed E-state index contributed by atoms with van der Waals surface area (Å²) in [7, 11) is 0. The Morgan fingerprint density at radius 2 is 1.88 bits per heavy atom. The second-order valence-corrected chi connectivity index (χ2v) is 8.44. The second kappa shape index (κ2) is 10.0. The van der Waals surface area contributed by atoms with Crippen molar-refractivity contribution in [2.45, 2.75) is 39.7 Å². The fraction of sp³-hybridized carbons (Fsp3) is 0.346. The first-order chi connectivity index (χ1) is 15.9. The Labute approximate surface area is 193 Å². The molecule has 1 fully saturated rings. The van der Waals surface area contributed by atoms with Gasteiger partial charge in [0, 0.05) is 24.4 Å². The molecule has 7 nitrogen and oxygen atoms in total. The van der Waals surface area contributed by atoms with Gasteiger partial charge in [-0.3, -0.25) is 9.59 Å². The summed E-state index contributed by atoms with van der Waals surface area (Å²) >= 11 is 0. The summed E-state index contributed by atoms with van der Waals surface area (Å²) in [5.41, 5.74) is 4.48. The highest BCUT2D eigenvalue weighted by Gasteiger charge is 2.30. The van der Waals surface area contributed by atoms with Gasteiger partial charge in [-0.2, -0.15) is 0 Å². The second-order valence-electron chi connectivity index (χ2n) is 8.44. The summed E-state index contributed by atoms with van der Waals surface area (Å²) in [5.74, 6) is -0.129. The van der Waals surface area contributed by atoms with E-state index in [1.807, 2.05) is 62.4 Å². The van der Waals surface area contributed by atoms with Gasteiger partial charge < -0.3 is 19.5 Å². The number of ether oxygens (including phenoxy) is 1. The summed E-state index contributed by atoms with van der Waals surface area (Å²) in [6.07, 6.45) is 1.71. The van der Waals surface area contributed by atoms with Gasteiger partial charge in [-0.05, 0) is 50.8 Å². The number of benzene rings is 2.